The smallest absolute Gasteiger partial charge is 0.490 e. The third kappa shape index (κ3) is 10.7. The number of hydrogen-bond donors (Lipinski definition) is 5. The molecule has 0 saturated carbocycles. The highest BCUT2D eigenvalue weighted by molar-refractivity contribution is 5.90. The fraction of sp³-hybridized carbons (Fsp3) is 0.345. The number of halogens is 3. The van der Waals surface area contributed by atoms with Gasteiger partial charge in [-0.05, 0) is 66.3 Å². The Morgan fingerprint density at radius 1 is 0.976 bits per heavy atom. The monoisotopic (exact) mass is 576 g/mol. The topological polar surface area (TPSA) is 159 Å². The molecule has 0 spiro atoms. The van der Waals surface area contributed by atoms with Gasteiger partial charge in [0.15, 0.2) is 0 Å². The Hall–Kier alpha value is -4.16. The average Bonchev–Trinajstić information content (AvgIpc) is 2.93. The van der Waals surface area contributed by atoms with E-state index in [0.29, 0.717) is 38.8 Å². The second kappa shape index (κ2) is 15.6. The van der Waals surface area contributed by atoms with Crippen LogP contribution >= 0.6 is 0 Å². The minimum atomic E-state index is -5.08. The summed E-state index contributed by atoms with van der Waals surface area (Å²) in [7, 11) is 1.63. The summed E-state index contributed by atoms with van der Waals surface area (Å²) in [5, 5.41) is 21.7. The predicted molar refractivity (Wildman–Crippen MR) is 149 cm³/mol. The number of rotatable bonds is 11. The van der Waals surface area contributed by atoms with Crippen LogP contribution in [-0.4, -0.2) is 71.3 Å². The lowest BCUT2D eigenvalue weighted by atomic mass is 10.0. The van der Waals surface area contributed by atoms with Gasteiger partial charge < -0.3 is 31.9 Å². The number of nitrogens with one attached hydrogen (secondary N) is 1. The molecular formula is C29H35F3N4O5. The number of alkyl halides is 3. The molecule has 0 aliphatic carbocycles. The van der Waals surface area contributed by atoms with Crippen LogP contribution in [0.4, 0.5) is 13.2 Å². The summed E-state index contributed by atoms with van der Waals surface area (Å²) in [6.07, 6.45) is -2.99. The first kappa shape index (κ1) is 33.0. The van der Waals surface area contributed by atoms with Gasteiger partial charge in [-0.2, -0.15) is 13.2 Å². The molecule has 0 radical (unpaired) electrons. The van der Waals surface area contributed by atoms with E-state index in [1.807, 2.05) is 54.6 Å². The van der Waals surface area contributed by atoms with Crippen molar-refractivity contribution in [2.45, 2.75) is 43.9 Å². The summed E-state index contributed by atoms with van der Waals surface area (Å²) < 4.78 is 31.7. The molecule has 222 valence electrons. The van der Waals surface area contributed by atoms with Gasteiger partial charge in [-0.3, -0.25) is 9.59 Å². The molecule has 0 aliphatic heterocycles. The maximum Gasteiger partial charge on any atom is 0.490 e. The normalized spacial score (nSPS) is 12.5. The number of phenols is 1. The number of aromatic hydroxyl groups is 1. The van der Waals surface area contributed by atoms with Crippen LogP contribution in [0, 0.1) is 0 Å². The Labute approximate surface area is 235 Å². The molecule has 12 heteroatoms. The number of fused-ring (bicyclic) bond motifs is 1. The molecule has 41 heavy (non-hydrogen) atoms. The highest BCUT2D eigenvalue weighted by Gasteiger charge is 2.38. The SMILES string of the molecule is CN(C(=O)[C@@H](N)Cc1ccc2ccccc2c1)[C@@H](CCCN)C(=O)NCCc1ccc(O)cc1.O=C(O)C(F)(F)F. The zero-order chi connectivity index (χ0) is 30.6. The van der Waals surface area contributed by atoms with E-state index in [4.69, 9.17) is 21.4 Å². The van der Waals surface area contributed by atoms with Crippen LogP contribution in [0.5, 0.6) is 5.75 Å². The van der Waals surface area contributed by atoms with Crippen molar-refractivity contribution in [2.24, 2.45) is 11.5 Å². The quantitative estimate of drug-likeness (QED) is 0.235. The van der Waals surface area contributed by atoms with E-state index in [0.717, 1.165) is 21.9 Å². The molecule has 0 heterocycles. The van der Waals surface area contributed by atoms with Crippen molar-refractivity contribution in [2.75, 3.05) is 20.1 Å². The molecule has 2 amide bonds. The number of carboxylic acid groups (broad SMARTS) is 1. The summed E-state index contributed by atoms with van der Waals surface area (Å²) in [5.74, 6) is -3.05. The molecular weight excluding hydrogens is 541 g/mol. The molecule has 3 aromatic carbocycles. The molecule has 0 aliphatic rings. The van der Waals surface area contributed by atoms with Crippen molar-refractivity contribution in [3.63, 3.8) is 0 Å². The van der Waals surface area contributed by atoms with Crippen molar-refractivity contribution in [3.05, 3.63) is 77.9 Å². The van der Waals surface area contributed by atoms with Crippen LogP contribution in [0.15, 0.2) is 66.7 Å². The van der Waals surface area contributed by atoms with Crippen molar-refractivity contribution >= 4 is 28.6 Å². The Kier molecular flexibility index (Phi) is 12.6. The van der Waals surface area contributed by atoms with Crippen LogP contribution < -0.4 is 16.8 Å². The summed E-state index contributed by atoms with van der Waals surface area (Å²) in [5.41, 5.74) is 13.9. The molecule has 0 bridgehead atoms. The number of carbonyl (C=O) groups is 3. The van der Waals surface area contributed by atoms with Crippen LogP contribution in [-0.2, 0) is 27.2 Å². The fourth-order valence-electron chi connectivity index (χ4n) is 4.04. The lowest BCUT2D eigenvalue weighted by Gasteiger charge is -2.29. The maximum absolute atomic E-state index is 13.1. The zero-order valence-corrected chi connectivity index (χ0v) is 22.6. The number of amides is 2. The molecule has 3 rings (SSSR count). The molecule has 9 nitrogen and oxygen atoms in total. The lowest BCUT2D eigenvalue weighted by Crippen LogP contribution is -2.53. The number of phenolic OH excluding ortho intramolecular Hbond substituents is 1. The van der Waals surface area contributed by atoms with Crippen molar-refractivity contribution in [3.8, 4) is 5.75 Å². The molecule has 2 atom stereocenters. The molecule has 0 saturated heterocycles. The Balaban J connectivity index is 0.000000745. The average molecular weight is 577 g/mol. The summed E-state index contributed by atoms with van der Waals surface area (Å²) >= 11 is 0. The van der Waals surface area contributed by atoms with E-state index in [1.165, 1.54) is 4.90 Å². The number of nitrogens with two attached hydrogens (primary N) is 2. The van der Waals surface area contributed by atoms with E-state index in [2.05, 4.69) is 5.32 Å². The standard InChI is InChI=1S/C27H34N4O3.C2HF3O2/c1-31(27(34)24(29)18-20-8-11-21-5-2-3-6-22(21)17-20)25(7-4-15-28)26(33)30-16-14-19-9-12-23(32)13-10-19;3-2(4,5)1(6)7/h2-3,5-6,8-13,17,24-25,32H,4,7,14-16,18,28-29H2,1H3,(H,30,33);(H,6,7)/t24-,25-;/m0./s1. The molecule has 7 N–H and O–H groups in total. The van der Waals surface area contributed by atoms with E-state index in [-0.39, 0.29) is 17.6 Å². The summed E-state index contributed by atoms with van der Waals surface area (Å²) in [4.78, 5) is 36.4. The van der Waals surface area contributed by atoms with Crippen LogP contribution in [0.3, 0.4) is 0 Å². The van der Waals surface area contributed by atoms with Crippen LogP contribution in [0.25, 0.3) is 10.8 Å². The fourth-order valence-corrected chi connectivity index (χ4v) is 4.04. The Morgan fingerprint density at radius 3 is 2.15 bits per heavy atom. The van der Waals surface area contributed by atoms with Gasteiger partial charge in [-0.15, -0.1) is 0 Å². The molecule has 0 fully saturated rings. The van der Waals surface area contributed by atoms with Gasteiger partial charge in [0.25, 0.3) is 0 Å². The van der Waals surface area contributed by atoms with Crippen molar-refractivity contribution in [1.29, 1.82) is 0 Å². The number of nitrogens with zero attached hydrogens (tertiary/aromatic N) is 1. The van der Waals surface area contributed by atoms with E-state index >= 15 is 0 Å². The van der Waals surface area contributed by atoms with Gasteiger partial charge in [0.1, 0.15) is 11.8 Å². The van der Waals surface area contributed by atoms with Gasteiger partial charge in [0.05, 0.1) is 6.04 Å². The number of carbonyl (C=O) groups excluding carboxylic acids is 2. The van der Waals surface area contributed by atoms with Gasteiger partial charge in [0, 0.05) is 13.6 Å². The van der Waals surface area contributed by atoms with Gasteiger partial charge >= 0.3 is 12.1 Å². The second-order valence-electron chi connectivity index (χ2n) is 9.40. The number of likely N-dealkylation sites (N-methyl/N-ethyl adjacent to an activating group) is 1. The number of carboxylic acids is 1. The first-order chi connectivity index (χ1) is 19.3. The second-order valence-corrected chi connectivity index (χ2v) is 9.40. The highest BCUT2D eigenvalue weighted by atomic mass is 19.4. The molecule has 3 aromatic rings. The Morgan fingerprint density at radius 2 is 1.56 bits per heavy atom. The minimum absolute atomic E-state index is 0.204. The van der Waals surface area contributed by atoms with E-state index in [1.54, 1.807) is 19.2 Å². The van der Waals surface area contributed by atoms with Gasteiger partial charge in [0.2, 0.25) is 11.8 Å². The summed E-state index contributed by atoms with van der Waals surface area (Å²) in [6, 6.07) is 19.6. The predicted octanol–water partition coefficient (Wildman–Crippen LogP) is 2.97. The number of hydrogen-bond acceptors (Lipinski definition) is 6. The first-order valence-electron chi connectivity index (χ1n) is 12.9. The van der Waals surface area contributed by atoms with Gasteiger partial charge in [-0.25, -0.2) is 4.79 Å². The lowest BCUT2D eigenvalue weighted by molar-refractivity contribution is -0.192. The van der Waals surface area contributed by atoms with Gasteiger partial charge in [-0.1, -0.05) is 54.6 Å². The number of aliphatic carboxylic acids is 1. The third-order valence-corrected chi connectivity index (χ3v) is 6.28. The zero-order valence-electron chi connectivity index (χ0n) is 22.6. The minimum Gasteiger partial charge on any atom is -0.508 e. The van der Waals surface area contributed by atoms with Crippen molar-refractivity contribution < 1.29 is 37.8 Å². The highest BCUT2D eigenvalue weighted by Crippen LogP contribution is 2.18. The van der Waals surface area contributed by atoms with Crippen LogP contribution in [0.2, 0.25) is 0 Å². The molecule has 0 aromatic heterocycles. The van der Waals surface area contributed by atoms with E-state index < -0.39 is 24.2 Å². The third-order valence-electron chi connectivity index (χ3n) is 6.28. The maximum atomic E-state index is 13.1. The first-order valence-corrected chi connectivity index (χ1v) is 12.9. The van der Waals surface area contributed by atoms with Crippen molar-refractivity contribution in [1.82, 2.24) is 10.2 Å². The number of benzene rings is 3. The van der Waals surface area contributed by atoms with Crippen LogP contribution in [0.1, 0.15) is 24.0 Å². The Bertz CT molecular complexity index is 1300. The molecule has 0 unspecified atom stereocenters. The largest absolute Gasteiger partial charge is 0.508 e. The van der Waals surface area contributed by atoms with E-state index in [9.17, 15) is 27.9 Å². The summed E-state index contributed by atoms with van der Waals surface area (Å²) in [6.45, 7) is 0.858.